The lowest BCUT2D eigenvalue weighted by molar-refractivity contribution is 0.0952. The van der Waals surface area contributed by atoms with Crippen molar-refractivity contribution in [2.75, 3.05) is 6.54 Å². The second kappa shape index (κ2) is 8.67. The molecule has 1 aromatic heterocycles. The fourth-order valence-corrected chi connectivity index (χ4v) is 3.85. The van der Waals surface area contributed by atoms with Crippen LogP contribution in [-0.2, 0) is 6.42 Å². The summed E-state index contributed by atoms with van der Waals surface area (Å²) in [5.74, 6) is -0.246. The monoisotopic (exact) mass is 452 g/mol. The number of aromatic nitrogens is 2. The van der Waals surface area contributed by atoms with Crippen LogP contribution in [0.2, 0.25) is 0 Å². The number of Topliss-reactive ketones (excluding diaryl/α,β-unsaturated/α-hetero) is 1. The first-order chi connectivity index (χ1) is 16.5. The molecule has 1 aliphatic rings. The van der Waals surface area contributed by atoms with Gasteiger partial charge in [-0.05, 0) is 48.0 Å². The molecule has 0 saturated heterocycles. The van der Waals surface area contributed by atoms with E-state index in [0.717, 1.165) is 16.9 Å². The molecule has 0 saturated carbocycles. The molecule has 8 nitrogen and oxygen atoms in total. The maximum absolute atomic E-state index is 12.7. The Labute approximate surface area is 194 Å². The maximum Gasteiger partial charge on any atom is 0.252 e. The van der Waals surface area contributed by atoms with E-state index in [1.54, 1.807) is 36.4 Å². The number of carbonyl (C=O) groups is 3. The molecule has 0 bridgehead atoms. The third-order valence-corrected chi connectivity index (χ3v) is 5.49. The molecule has 0 atom stereocenters. The van der Waals surface area contributed by atoms with E-state index in [1.165, 1.54) is 12.1 Å². The second-order valence-electron chi connectivity index (χ2n) is 7.82. The van der Waals surface area contributed by atoms with Crippen LogP contribution in [0, 0.1) is 0 Å². The van der Waals surface area contributed by atoms with E-state index in [0.29, 0.717) is 24.1 Å². The number of benzene rings is 3. The molecule has 0 aliphatic carbocycles. The van der Waals surface area contributed by atoms with Crippen molar-refractivity contribution >= 4 is 34.7 Å². The minimum atomic E-state index is -0.674. The van der Waals surface area contributed by atoms with E-state index in [-0.39, 0.29) is 34.3 Å². The summed E-state index contributed by atoms with van der Waals surface area (Å²) in [5.41, 5.74) is 8.71. The Morgan fingerprint density at radius 1 is 1.06 bits per heavy atom. The molecular weight excluding hydrogens is 432 g/mol. The molecule has 5 rings (SSSR count). The van der Waals surface area contributed by atoms with Crippen LogP contribution < -0.4 is 15.8 Å². The van der Waals surface area contributed by atoms with Crippen molar-refractivity contribution in [1.29, 1.82) is 0 Å². The molecule has 34 heavy (non-hydrogen) atoms. The van der Waals surface area contributed by atoms with Crippen molar-refractivity contribution in [2.24, 2.45) is 5.73 Å². The number of fused-ring (bicyclic) bond motifs is 2. The molecule has 0 unspecified atom stereocenters. The van der Waals surface area contributed by atoms with Crippen LogP contribution >= 0.6 is 0 Å². The van der Waals surface area contributed by atoms with Crippen molar-refractivity contribution in [3.05, 3.63) is 101 Å². The van der Waals surface area contributed by atoms with Gasteiger partial charge in [0.1, 0.15) is 5.82 Å². The predicted octanol–water partition coefficient (Wildman–Crippen LogP) is 3.25. The molecule has 4 aromatic rings. The Bertz CT molecular complexity index is 1450. The molecule has 0 fully saturated rings. The number of aromatic amines is 1. The highest BCUT2D eigenvalue weighted by atomic mass is 16.5. The maximum atomic E-state index is 12.7. The van der Waals surface area contributed by atoms with Crippen LogP contribution in [0.3, 0.4) is 0 Å². The summed E-state index contributed by atoms with van der Waals surface area (Å²) >= 11 is 0. The average Bonchev–Trinajstić information content (AvgIpc) is 3.39. The van der Waals surface area contributed by atoms with Crippen LogP contribution in [-0.4, -0.2) is 34.1 Å². The molecule has 0 spiro atoms. The Kier molecular flexibility index (Phi) is 5.39. The predicted molar refractivity (Wildman–Crippen MR) is 126 cm³/mol. The molecule has 2 amide bonds. The van der Waals surface area contributed by atoms with E-state index in [4.69, 9.17) is 10.5 Å². The minimum absolute atomic E-state index is 0.0612. The molecule has 8 heteroatoms. The summed E-state index contributed by atoms with van der Waals surface area (Å²) in [6.07, 6.45) is 2.10. The average molecular weight is 452 g/mol. The van der Waals surface area contributed by atoms with Gasteiger partial charge in [-0.25, -0.2) is 4.98 Å². The molecule has 2 heterocycles. The summed E-state index contributed by atoms with van der Waals surface area (Å²) < 4.78 is 5.65. The lowest BCUT2D eigenvalue weighted by atomic mass is 10.0. The van der Waals surface area contributed by atoms with Crippen LogP contribution in [0.15, 0.2) is 72.5 Å². The zero-order chi connectivity index (χ0) is 23.7. The van der Waals surface area contributed by atoms with Gasteiger partial charge < -0.3 is 20.8 Å². The highest BCUT2D eigenvalue weighted by Gasteiger charge is 2.30. The van der Waals surface area contributed by atoms with Crippen LogP contribution in [0.4, 0.5) is 0 Å². The van der Waals surface area contributed by atoms with Gasteiger partial charge in [-0.2, -0.15) is 0 Å². The zero-order valence-corrected chi connectivity index (χ0v) is 18.0. The van der Waals surface area contributed by atoms with E-state index in [2.05, 4.69) is 15.3 Å². The number of nitrogens with one attached hydrogen (secondary N) is 2. The smallest absolute Gasteiger partial charge is 0.252 e. The number of rotatable bonds is 6. The molecule has 168 valence electrons. The number of ketones is 1. The van der Waals surface area contributed by atoms with E-state index in [9.17, 15) is 14.4 Å². The third-order valence-electron chi connectivity index (χ3n) is 5.49. The Balaban J connectivity index is 1.27. The van der Waals surface area contributed by atoms with Gasteiger partial charge in [0, 0.05) is 18.5 Å². The lowest BCUT2D eigenvalue weighted by Crippen LogP contribution is -2.26. The van der Waals surface area contributed by atoms with Crippen LogP contribution in [0.25, 0.3) is 17.1 Å². The number of nitrogens with two attached hydrogens (primary N) is 1. The van der Waals surface area contributed by atoms with Crippen LogP contribution in [0.1, 0.15) is 42.5 Å². The number of hydrogen-bond acceptors (Lipinski definition) is 5. The van der Waals surface area contributed by atoms with Gasteiger partial charge in [0.2, 0.25) is 5.78 Å². The topological polar surface area (TPSA) is 127 Å². The number of primary amides is 1. The lowest BCUT2D eigenvalue weighted by Gasteiger charge is -2.06. The van der Waals surface area contributed by atoms with E-state index in [1.807, 2.05) is 24.3 Å². The largest absolute Gasteiger partial charge is 0.452 e. The highest BCUT2D eigenvalue weighted by molar-refractivity contribution is 6.16. The number of para-hydroxylation sites is 3. The summed E-state index contributed by atoms with van der Waals surface area (Å²) in [5, 5.41) is 2.89. The summed E-state index contributed by atoms with van der Waals surface area (Å²) in [6.45, 7) is 0.413. The number of amides is 2. The highest BCUT2D eigenvalue weighted by Crippen LogP contribution is 2.35. The van der Waals surface area contributed by atoms with Gasteiger partial charge in [0.25, 0.3) is 11.8 Å². The number of carbonyl (C=O) groups excluding carboxylic acids is 3. The van der Waals surface area contributed by atoms with Gasteiger partial charge >= 0.3 is 0 Å². The number of hydrogen-bond donors (Lipinski definition) is 3. The van der Waals surface area contributed by atoms with Gasteiger partial charge in [-0.3, -0.25) is 14.4 Å². The third kappa shape index (κ3) is 4.04. The number of imidazole rings is 1. The molecular formula is C26H20N4O4. The first-order valence-electron chi connectivity index (χ1n) is 10.7. The first kappa shape index (κ1) is 21.1. The zero-order valence-electron chi connectivity index (χ0n) is 18.0. The molecule has 4 N–H and O–H groups in total. The van der Waals surface area contributed by atoms with Gasteiger partial charge in [0.15, 0.2) is 11.5 Å². The number of allylic oxidation sites excluding steroid dienone is 1. The molecule has 1 aliphatic heterocycles. The normalized spacial score (nSPS) is 13.6. The van der Waals surface area contributed by atoms with Crippen molar-refractivity contribution in [3.63, 3.8) is 0 Å². The number of nitrogens with zero attached hydrogens (tertiary/aromatic N) is 1. The Morgan fingerprint density at radius 3 is 2.71 bits per heavy atom. The van der Waals surface area contributed by atoms with Crippen molar-refractivity contribution in [1.82, 2.24) is 15.3 Å². The van der Waals surface area contributed by atoms with E-state index < -0.39 is 5.91 Å². The molecule has 3 aromatic carbocycles. The fourth-order valence-electron chi connectivity index (χ4n) is 3.85. The van der Waals surface area contributed by atoms with Gasteiger partial charge in [0.05, 0.1) is 22.2 Å². The summed E-state index contributed by atoms with van der Waals surface area (Å²) in [6, 6.07) is 19.3. The fraction of sp³-hybridized carbons (Fsp3) is 0.0769. The van der Waals surface area contributed by atoms with Crippen molar-refractivity contribution in [3.8, 4) is 5.75 Å². The van der Waals surface area contributed by atoms with E-state index >= 15 is 0 Å². The van der Waals surface area contributed by atoms with Gasteiger partial charge in [-0.15, -0.1) is 0 Å². The molecule has 0 radical (unpaired) electrons. The quantitative estimate of drug-likeness (QED) is 0.387. The Hall–Kier alpha value is -4.72. The van der Waals surface area contributed by atoms with Crippen molar-refractivity contribution in [2.45, 2.75) is 6.42 Å². The van der Waals surface area contributed by atoms with Crippen LogP contribution in [0.5, 0.6) is 5.75 Å². The second-order valence-corrected chi connectivity index (χ2v) is 7.82. The summed E-state index contributed by atoms with van der Waals surface area (Å²) in [7, 11) is 0. The van der Waals surface area contributed by atoms with Crippen molar-refractivity contribution < 1.29 is 19.1 Å². The minimum Gasteiger partial charge on any atom is -0.452 e. The first-order valence-corrected chi connectivity index (χ1v) is 10.7. The number of H-pyrrole nitrogens is 1. The summed E-state index contributed by atoms with van der Waals surface area (Å²) in [4.78, 5) is 44.7. The van der Waals surface area contributed by atoms with Gasteiger partial charge in [-0.1, -0.05) is 30.3 Å². The standard InChI is InChI=1S/C26H20N4O4/c27-25(32)18-8-4-7-17-23(31)21(34-24(17)18)14-15-5-3-6-16(13-15)26(33)28-12-11-22-29-19-9-1-2-10-20(19)30-22/h1-10,13-14H,11-12H2,(H2,27,32)(H,28,33)(H,29,30)/b21-14-. The SMILES string of the molecule is NC(=O)c1cccc2c1O/C(=C\c1cccc(C(=O)NCCc3nc4ccccc4[nH]3)c1)C2=O. The number of ether oxygens (including phenoxy) is 1. The Morgan fingerprint density at radius 2 is 1.88 bits per heavy atom.